The van der Waals surface area contributed by atoms with Crippen LogP contribution in [0, 0.1) is 11.8 Å². The lowest BCUT2D eigenvalue weighted by molar-refractivity contribution is -0.141. The molecule has 0 radical (unpaired) electrons. The molecule has 0 spiro atoms. The van der Waals surface area contributed by atoms with Gasteiger partial charge in [0.05, 0.1) is 12.7 Å². The molecule has 0 saturated heterocycles. The van der Waals surface area contributed by atoms with Crippen molar-refractivity contribution in [2.75, 3.05) is 7.11 Å². The number of ether oxygens (including phenoxy) is 1. The number of nitrogens with zero attached hydrogens (tertiary/aromatic N) is 1. The van der Waals surface area contributed by atoms with Crippen LogP contribution in [0.4, 0.5) is 0 Å². The number of hydrogen-bond acceptors (Lipinski definition) is 4. The maximum Gasteiger partial charge on any atom is 0.332 e. The van der Waals surface area contributed by atoms with Crippen LogP contribution in [0.15, 0.2) is 42.3 Å². The highest BCUT2D eigenvalue weighted by Crippen LogP contribution is 2.16. The number of carbonyl (C=O) groups is 1. The third-order valence-corrected chi connectivity index (χ3v) is 3.36. The molecule has 1 atom stereocenters. The van der Waals surface area contributed by atoms with E-state index in [0.717, 1.165) is 22.3 Å². The normalized spacial score (nSPS) is 16.4. The topological polar surface area (TPSA) is 51.2 Å². The van der Waals surface area contributed by atoms with E-state index < -0.39 is 6.04 Å². The average molecular weight is 315 g/mol. The van der Waals surface area contributed by atoms with Gasteiger partial charge in [-0.3, -0.25) is 0 Å². The molecule has 1 aromatic rings. The van der Waals surface area contributed by atoms with E-state index in [1.807, 2.05) is 6.92 Å². The molecule has 0 bridgehead atoms. The molecule has 0 aromatic carbocycles. The summed E-state index contributed by atoms with van der Waals surface area (Å²) >= 11 is 5.85. The summed E-state index contributed by atoms with van der Waals surface area (Å²) in [5.74, 6) is 5.76. The molecule has 2 rings (SSSR count). The summed E-state index contributed by atoms with van der Waals surface area (Å²) in [6, 6.07) is 1.23. The Kier molecular flexibility index (Phi) is 5.03. The first kappa shape index (κ1) is 15.9. The van der Waals surface area contributed by atoms with Crippen molar-refractivity contribution in [1.29, 1.82) is 0 Å². The second-order valence-corrected chi connectivity index (χ2v) is 5.01. The van der Waals surface area contributed by atoms with Crippen LogP contribution in [0.1, 0.15) is 18.1 Å². The molecule has 22 heavy (non-hydrogen) atoms. The molecule has 1 unspecified atom stereocenters. The molecule has 112 valence electrons. The van der Waals surface area contributed by atoms with Crippen LogP contribution in [0.5, 0.6) is 0 Å². The Morgan fingerprint density at radius 2 is 2.32 bits per heavy atom. The maximum absolute atomic E-state index is 11.5. The van der Waals surface area contributed by atoms with Crippen molar-refractivity contribution >= 4 is 23.6 Å². The van der Waals surface area contributed by atoms with E-state index in [2.05, 4.69) is 28.7 Å². The Bertz CT molecular complexity index is 739. The fourth-order valence-electron chi connectivity index (χ4n) is 1.92. The standard InChI is InChI=1S/C17H15ClN2O2/c1-4-12-8-16(18)20-10-14(12)6-5-13-9-19-15(7-11(13)2)17(21)22-3/h4,7-10,15,19H,1H2,2-3H3. The van der Waals surface area contributed by atoms with Crippen molar-refractivity contribution in [2.24, 2.45) is 0 Å². The summed E-state index contributed by atoms with van der Waals surface area (Å²) in [5.41, 5.74) is 3.27. The number of pyridine rings is 1. The predicted molar refractivity (Wildman–Crippen MR) is 87.0 cm³/mol. The zero-order valence-electron chi connectivity index (χ0n) is 12.3. The third kappa shape index (κ3) is 3.57. The highest BCUT2D eigenvalue weighted by Gasteiger charge is 2.18. The Hall–Kier alpha value is -2.51. The molecule has 1 aromatic heterocycles. The van der Waals surface area contributed by atoms with Gasteiger partial charge >= 0.3 is 5.97 Å². The van der Waals surface area contributed by atoms with Crippen molar-refractivity contribution < 1.29 is 9.53 Å². The van der Waals surface area contributed by atoms with Crippen LogP contribution >= 0.6 is 11.6 Å². The molecule has 1 aliphatic heterocycles. The number of allylic oxidation sites excluding steroid dienone is 2. The molecule has 0 amide bonds. The Morgan fingerprint density at radius 1 is 1.55 bits per heavy atom. The van der Waals surface area contributed by atoms with E-state index in [1.54, 1.807) is 30.6 Å². The molecule has 0 aliphatic carbocycles. The van der Waals surface area contributed by atoms with Gasteiger partial charge in [0, 0.05) is 18.0 Å². The number of aromatic nitrogens is 1. The highest BCUT2D eigenvalue weighted by molar-refractivity contribution is 6.29. The number of nitrogens with one attached hydrogen (secondary N) is 1. The Balaban J connectivity index is 2.23. The summed E-state index contributed by atoms with van der Waals surface area (Å²) < 4.78 is 4.70. The number of carbonyl (C=O) groups excluding carboxylic acids is 1. The van der Waals surface area contributed by atoms with Crippen molar-refractivity contribution in [2.45, 2.75) is 13.0 Å². The van der Waals surface area contributed by atoms with Gasteiger partial charge in [-0.2, -0.15) is 0 Å². The average Bonchev–Trinajstić information content (AvgIpc) is 2.53. The minimum Gasteiger partial charge on any atom is -0.467 e. The minimum absolute atomic E-state index is 0.335. The molecule has 2 heterocycles. The molecule has 0 saturated carbocycles. The molecule has 0 fully saturated rings. The number of rotatable bonds is 2. The van der Waals surface area contributed by atoms with Gasteiger partial charge in [0.25, 0.3) is 0 Å². The summed E-state index contributed by atoms with van der Waals surface area (Å²) in [5, 5.41) is 3.35. The second kappa shape index (κ2) is 6.97. The zero-order valence-corrected chi connectivity index (χ0v) is 13.1. The lowest BCUT2D eigenvalue weighted by Gasteiger charge is -2.17. The molecule has 1 N–H and O–H groups in total. The fraction of sp³-hybridized carbons (Fsp3) is 0.176. The van der Waals surface area contributed by atoms with Crippen molar-refractivity contribution in [3.63, 3.8) is 0 Å². The number of halogens is 1. The Labute approximate surface area is 134 Å². The SMILES string of the molecule is C=Cc1cc(Cl)ncc1C#CC1=CNC(C(=O)OC)C=C1C. The van der Waals surface area contributed by atoms with Crippen LogP contribution in [-0.4, -0.2) is 24.1 Å². The van der Waals surface area contributed by atoms with Gasteiger partial charge < -0.3 is 10.1 Å². The van der Waals surface area contributed by atoms with E-state index in [-0.39, 0.29) is 5.97 Å². The first-order valence-electron chi connectivity index (χ1n) is 6.58. The maximum atomic E-state index is 11.5. The minimum atomic E-state index is -0.475. The molecule has 1 aliphatic rings. The van der Waals surface area contributed by atoms with Gasteiger partial charge in [0.15, 0.2) is 0 Å². The van der Waals surface area contributed by atoms with Crippen LogP contribution in [0.25, 0.3) is 6.08 Å². The molecule has 4 nitrogen and oxygen atoms in total. The van der Waals surface area contributed by atoms with Crippen molar-refractivity contribution in [3.05, 3.63) is 58.5 Å². The third-order valence-electron chi connectivity index (χ3n) is 3.16. The molecular weight excluding hydrogens is 300 g/mol. The zero-order chi connectivity index (χ0) is 16.1. The first-order valence-corrected chi connectivity index (χ1v) is 6.95. The van der Waals surface area contributed by atoms with E-state index in [9.17, 15) is 4.79 Å². The van der Waals surface area contributed by atoms with Crippen LogP contribution in [0.2, 0.25) is 5.15 Å². The lowest BCUT2D eigenvalue weighted by atomic mass is 10.0. The number of hydrogen-bond donors (Lipinski definition) is 1. The van der Waals surface area contributed by atoms with Gasteiger partial charge in [-0.15, -0.1) is 0 Å². The predicted octanol–water partition coefficient (Wildman–Crippen LogP) is 2.70. The van der Waals surface area contributed by atoms with Gasteiger partial charge in [0.2, 0.25) is 0 Å². The van der Waals surface area contributed by atoms with Crippen molar-refractivity contribution in [1.82, 2.24) is 10.3 Å². The van der Waals surface area contributed by atoms with Crippen LogP contribution < -0.4 is 5.32 Å². The molecule has 5 heteroatoms. The van der Waals surface area contributed by atoms with Gasteiger partial charge in [-0.25, -0.2) is 9.78 Å². The summed E-state index contributed by atoms with van der Waals surface area (Å²) in [4.78, 5) is 15.5. The van der Waals surface area contributed by atoms with Crippen LogP contribution in [0.3, 0.4) is 0 Å². The summed E-state index contributed by atoms with van der Waals surface area (Å²) in [6.07, 6.45) is 6.78. The lowest BCUT2D eigenvalue weighted by Crippen LogP contribution is -2.34. The number of dihydropyridines is 1. The first-order chi connectivity index (χ1) is 10.5. The fourth-order valence-corrected chi connectivity index (χ4v) is 2.09. The van der Waals surface area contributed by atoms with Gasteiger partial charge in [-0.05, 0) is 30.2 Å². The highest BCUT2D eigenvalue weighted by atomic mass is 35.5. The quantitative estimate of drug-likeness (QED) is 0.518. The Morgan fingerprint density at radius 3 is 2.95 bits per heavy atom. The van der Waals surface area contributed by atoms with E-state index in [4.69, 9.17) is 16.3 Å². The van der Waals surface area contributed by atoms with E-state index in [1.165, 1.54) is 7.11 Å². The van der Waals surface area contributed by atoms with Gasteiger partial charge in [-0.1, -0.05) is 36.1 Å². The van der Waals surface area contributed by atoms with Crippen molar-refractivity contribution in [3.8, 4) is 11.8 Å². The summed E-state index contributed by atoms with van der Waals surface area (Å²) in [6.45, 7) is 5.63. The van der Waals surface area contributed by atoms with E-state index in [0.29, 0.717) is 5.15 Å². The summed E-state index contributed by atoms with van der Waals surface area (Å²) in [7, 11) is 1.36. The van der Waals surface area contributed by atoms with E-state index >= 15 is 0 Å². The van der Waals surface area contributed by atoms with Gasteiger partial charge in [0.1, 0.15) is 11.2 Å². The number of methoxy groups -OCH3 is 1. The smallest absolute Gasteiger partial charge is 0.332 e. The monoisotopic (exact) mass is 314 g/mol. The number of esters is 1. The second-order valence-electron chi connectivity index (χ2n) is 4.62. The largest absolute Gasteiger partial charge is 0.467 e. The molecular formula is C17H15ClN2O2. The van der Waals surface area contributed by atoms with Crippen LogP contribution in [-0.2, 0) is 9.53 Å².